The van der Waals surface area contributed by atoms with Gasteiger partial charge in [0, 0.05) is 23.8 Å². The van der Waals surface area contributed by atoms with Crippen molar-refractivity contribution in [1.82, 2.24) is 0 Å². The van der Waals surface area contributed by atoms with Gasteiger partial charge in [-0.1, -0.05) is 12.1 Å². The Morgan fingerprint density at radius 3 is 2.13 bits per heavy atom. The normalized spacial score (nSPS) is 30.9. The summed E-state index contributed by atoms with van der Waals surface area (Å²) >= 11 is 0. The van der Waals surface area contributed by atoms with E-state index in [-0.39, 0.29) is 34.1 Å². The second-order valence-electron chi connectivity index (χ2n) is 12.8. The molecule has 18 heteroatoms. The highest BCUT2D eigenvalue weighted by Crippen LogP contribution is 2.45. The number of aliphatic hydroxyl groups is 5. The van der Waals surface area contributed by atoms with Gasteiger partial charge in [0.15, 0.2) is 41.5 Å². The Hall–Kier alpha value is -5.31. The van der Waals surface area contributed by atoms with E-state index < -0.39 is 103 Å². The summed E-state index contributed by atoms with van der Waals surface area (Å²) in [5.41, 5.74) is 0.625. The van der Waals surface area contributed by atoms with E-state index in [0.29, 0.717) is 5.56 Å². The number of carbonyl (C=O) groups excluding carboxylic acids is 1. The molecule has 0 amide bonds. The Labute approximate surface area is 305 Å². The number of phenols is 6. The number of aliphatic hydroxyl groups excluding tert-OH is 5. The van der Waals surface area contributed by atoms with Crippen molar-refractivity contribution in [3.8, 4) is 40.2 Å². The van der Waals surface area contributed by atoms with Gasteiger partial charge in [0.25, 0.3) is 0 Å². The van der Waals surface area contributed by atoms with E-state index >= 15 is 0 Å². The fourth-order valence-electron chi connectivity index (χ4n) is 6.04. The molecule has 0 saturated carbocycles. The van der Waals surface area contributed by atoms with E-state index in [2.05, 4.69) is 0 Å². The topological polar surface area (TPSA) is 295 Å². The largest absolute Gasteiger partial charge is 0.508 e. The molecule has 2 saturated heterocycles. The number of carbonyl (C=O) groups is 1. The summed E-state index contributed by atoms with van der Waals surface area (Å²) in [5.74, 6) is -3.49. The highest BCUT2D eigenvalue weighted by atomic mass is 16.7. The molecule has 3 aromatic carbocycles. The SMILES string of the molecule is C[C@H]1O[C@@H](OC[C@H]2O[C@@H](OC3=Cc4c(O)cc(O)cc4OC3c3ccc(O)c(O)c3)[C@H](O)[C@@H](O)[C@@H]2O)[C@H](O)[C@@H](O)[C@H]1OC(=O)/C=C/c1ccc(O)c(O)c1. The van der Waals surface area contributed by atoms with E-state index in [1.54, 1.807) is 0 Å². The second kappa shape index (κ2) is 15.6. The molecule has 11 atom stereocenters. The van der Waals surface area contributed by atoms with Crippen molar-refractivity contribution in [2.75, 3.05) is 6.61 Å². The lowest BCUT2D eigenvalue weighted by Crippen LogP contribution is -2.61. The number of esters is 1. The number of ether oxygens (including phenoxy) is 6. The summed E-state index contributed by atoms with van der Waals surface area (Å²) in [6, 6.07) is 9.82. The third-order valence-electron chi connectivity index (χ3n) is 8.98. The van der Waals surface area contributed by atoms with Gasteiger partial charge in [0.05, 0.1) is 18.3 Å². The van der Waals surface area contributed by atoms with Crippen LogP contribution in [0.5, 0.6) is 40.2 Å². The lowest BCUT2D eigenvalue weighted by molar-refractivity contribution is -0.325. The van der Waals surface area contributed by atoms with Gasteiger partial charge in [-0.15, -0.1) is 0 Å². The maximum absolute atomic E-state index is 12.5. The fraction of sp³-hybridized carbons (Fsp3) is 0.361. The van der Waals surface area contributed by atoms with Crippen molar-refractivity contribution in [3.63, 3.8) is 0 Å². The number of benzene rings is 3. The van der Waals surface area contributed by atoms with Gasteiger partial charge in [-0.2, -0.15) is 0 Å². The number of hydrogen-bond donors (Lipinski definition) is 11. The second-order valence-corrected chi connectivity index (χ2v) is 12.8. The van der Waals surface area contributed by atoms with E-state index in [1.807, 2.05) is 0 Å². The summed E-state index contributed by atoms with van der Waals surface area (Å²) in [6.07, 6.45) is -13.8. The zero-order valence-corrected chi connectivity index (χ0v) is 28.2. The zero-order valence-electron chi connectivity index (χ0n) is 28.2. The smallest absolute Gasteiger partial charge is 0.331 e. The van der Waals surface area contributed by atoms with Crippen molar-refractivity contribution in [2.45, 2.75) is 74.4 Å². The first-order chi connectivity index (χ1) is 25.6. The Morgan fingerprint density at radius 1 is 0.741 bits per heavy atom. The number of fused-ring (bicyclic) bond motifs is 1. The van der Waals surface area contributed by atoms with Crippen LogP contribution in [0.4, 0.5) is 0 Å². The third kappa shape index (κ3) is 7.96. The molecular formula is C36H38O18. The molecule has 3 heterocycles. The van der Waals surface area contributed by atoms with E-state index in [9.17, 15) is 61.0 Å². The molecule has 3 aliphatic heterocycles. The molecule has 3 aromatic rings. The number of phenolic OH excluding ortho intramolecular Hbond substituents is 6. The first-order valence-corrected chi connectivity index (χ1v) is 16.5. The summed E-state index contributed by atoms with van der Waals surface area (Å²) in [5, 5.41) is 113. The molecule has 0 radical (unpaired) electrons. The molecule has 2 fully saturated rings. The summed E-state index contributed by atoms with van der Waals surface area (Å²) in [4.78, 5) is 12.5. The quantitative estimate of drug-likeness (QED) is 0.0796. The number of aromatic hydroxyl groups is 6. The lowest BCUT2D eigenvalue weighted by Gasteiger charge is -2.43. The highest BCUT2D eigenvalue weighted by molar-refractivity contribution is 5.87. The van der Waals surface area contributed by atoms with Crippen molar-refractivity contribution >= 4 is 18.1 Å². The fourth-order valence-corrected chi connectivity index (χ4v) is 6.04. The average molecular weight is 759 g/mol. The predicted molar refractivity (Wildman–Crippen MR) is 180 cm³/mol. The minimum Gasteiger partial charge on any atom is -0.508 e. The van der Waals surface area contributed by atoms with Crippen LogP contribution in [0, 0.1) is 0 Å². The van der Waals surface area contributed by atoms with Gasteiger partial charge < -0.3 is 84.6 Å². The first kappa shape index (κ1) is 38.4. The van der Waals surface area contributed by atoms with Gasteiger partial charge in [0.1, 0.15) is 59.6 Å². The standard InChI is InChI=1S/C36H38O18/c1-14-33(54-27(43)7-3-15-2-5-19(38)22(41)8-15)30(46)32(48)35(50-14)49-13-26-28(44)29(45)31(47)36(53-26)52-25-12-18-21(40)10-17(37)11-24(18)51-34(25)16-4-6-20(39)23(42)9-16/h2-12,14,26,28-42,44-48H,13H2,1H3/b7-3+/t14-,26-,28-,29+,30-,31-,32-,33+,34?,35-,36-/m1/s1. The van der Waals surface area contributed by atoms with Crippen LogP contribution < -0.4 is 4.74 Å². The summed E-state index contributed by atoms with van der Waals surface area (Å²) in [7, 11) is 0. The van der Waals surface area contributed by atoms with Crippen molar-refractivity contribution in [1.29, 1.82) is 0 Å². The van der Waals surface area contributed by atoms with Gasteiger partial charge in [-0.25, -0.2) is 4.79 Å². The molecule has 1 unspecified atom stereocenters. The van der Waals surface area contributed by atoms with Crippen LogP contribution >= 0.6 is 0 Å². The average Bonchev–Trinajstić information content (AvgIpc) is 3.13. The maximum atomic E-state index is 12.5. The molecule has 0 spiro atoms. The predicted octanol–water partition coefficient (Wildman–Crippen LogP) is 0.327. The monoisotopic (exact) mass is 758 g/mol. The molecule has 0 aromatic heterocycles. The van der Waals surface area contributed by atoms with Crippen molar-refractivity contribution in [2.24, 2.45) is 0 Å². The van der Waals surface area contributed by atoms with Crippen LogP contribution in [0.15, 0.2) is 60.4 Å². The molecule has 0 bridgehead atoms. The molecular weight excluding hydrogens is 720 g/mol. The Kier molecular flexibility index (Phi) is 11.1. The van der Waals surface area contributed by atoms with Crippen molar-refractivity contribution in [3.05, 3.63) is 77.1 Å². The lowest BCUT2D eigenvalue weighted by atomic mass is 9.98. The van der Waals surface area contributed by atoms with E-state index in [1.165, 1.54) is 55.5 Å². The first-order valence-electron chi connectivity index (χ1n) is 16.5. The summed E-state index contributed by atoms with van der Waals surface area (Å²) in [6.45, 7) is 0.828. The molecule has 18 nitrogen and oxygen atoms in total. The highest BCUT2D eigenvalue weighted by Gasteiger charge is 2.49. The Balaban J connectivity index is 1.13. The van der Waals surface area contributed by atoms with Crippen LogP contribution in [0.2, 0.25) is 0 Å². The number of hydrogen-bond acceptors (Lipinski definition) is 18. The molecule has 11 N–H and O–H groups in total. The minimum atomic E-state index is -1.87. The Bertz CT molecular complexity index is 1910. The zero-order chi connectivity index (χ0) is 39.0. The third-order valence-corrected chi connectivity index (χ3v) is 8.98. The van der Waals surface area contributed by atoms with E-state index in [0.717, 1.165) is 18.2 Å². The van der Waals surface area contributed by atoms with Crippen molar-refractivity contribution < 1.29 is 89.4 Å². The minimum absolute atomic E-state index is 0.00964. The number of rotatable bonds is 9. The van der Waals surface area contributed by atoms with Gasteiger partial charge >= 0.3 is 5.97 Å². The van der Waals surface area contributed by atoms with Crippen LogP contribution in [0.3, 0.4) is 0 Å². The molecule has 3 aliphatic rings. The van der Waals surface area contributed by atoms with Crippen LogP contribution in [-0.4, -0.2) is 130 Å². The van der Waals surface area contributed by atoms with Crippen LogP contribution in [0.1, 0.15) is 29.7 Å². The molecule has 0 aliphatic carbocycles. The molecule has 290 valence electrons. The van der Waals surface area contributed by atoms with Gasteiger partial charge in [-0.05, 0) is 48.9 Å². The maximum Gasteiger partial charge on any atom is 0.331 e. The van der Waals surface area contributed by atoms with Gasteiger partial charge in [0.2, 0.25) is 6.29 Å². The van der Waals surface area contributed by atoms with Crippen LogP contribution in [0.25, 0.3) is 12.2 Å². The van der Waals surface area contributed by atoms with E-state index in [4.69, 9.17) is 28.4 Å². The van der Waals surface area contributed by atoms with Crippen LogP contribution in [-0.2, 0) is 28.5 Å². The van der Waals surface area contributed by atoms with Gasteiger partial charge in [-0.3, -0.25) is 0 Å². The molecule has 6 rings (SSSR count). The Morgan fingerprint density at radius 2 is 1.43 bits per heavy atom. The summed E-state index contributed by atoms with van der Waals surface area (Å²) < 4.78 is 34.3. The molecule has 54 heavy (non-hydrogen) atoms.